The Morgan fingerprint density at radius 3 is 2.11 bits per heavy atom. The van der Waals surface area contributed by atoms with Crippen LogP contribution in [0.5, 0.6) is 0 Å². The molecule has 0 aromatic heterocycles. The van der Waals surface area contributed by atoms with E-state index < -0.39 is 11.6 Å². The Morgan fingerprint density at radius 1 is 0.784 bits per heavy atom. The molecule has 0 saturated heterocycles. The van der Waals surface area contributed by atoms with E-state index in [0.717, 1.165) is 50.5 Å². The maximum absolute atomic E-state index is 15.1. The third-order valence-electron chi connectivity index (χ3n) is 7.47. The van der Waals surface area contributed by atoms with Gasteiger partial charge in [0.1, 0.15) is 5.82 Å². The van der Waals surface area contributed by atoms with Crippen LogP contribution in [0.2, 0.25) is 0 Å². The molecule has 1 aliphatic rings. The lowest BCUT2D eigenvalue weighted by atomic mass is 9.86. The molecule has 0 amide bonds. The summed E-state index contributed by atoms with van der Waals surface area (Å²) in [5.74, 6) is -1.27. The number of aryl methyl sites for hydroxylation is 1. The van der Waals surface area contributed by atoms with E-state index in [1.807, 2.05) is 19.1 Å². The normalized spacial score (nSPS) is 15.8. The molecule has 1 unspecified atom stereocenters. The zero-order valence-corrected chi connectivity index (χ0v) is 22.0. The van der Waals surface area contributed by atoms with Crippen LogP contribution < -0.4 is 0 Å². The van der Waals surface area contributed by atoms with Gasteiger partial charge >= 0.3 is 0 Å². The van der Waals surface area contributed by atoms with Crippen LogP contribution in [-0.4, -0.2) is 0 Å². The molecule has 1 atom stereocenters. The highest BCUT2D eigenvalue weighted by Gasteiger charge is 2.17. The Hall–Kier alpha value is -3.07. The molecule has 3 heteroatoms. The molecule has 0 aliphatic heterocycles. The van der Waals surface area contributed by atoms with Gasteiger partial charge in [0.05, 0.1) is 0 Å². The van der Waals surface area contributed by atoms with Crippen molar-refractivity contribution in [3.8, 4) is 22.3 Å². The van der Waals surface area contributed by atoms with E-state index >= 15 is 4.39 Å². The van der Waals surface area contributed by atoms with Crippen LogP contribution in [0.4, 0.5) is 13.2 Å². The smallest absolute Gasteiger partial charge is 0.166 e. The van der Waals surface area contributed by atoms with Gasteiger partial charge < -0.3 is 0 Å². The van der Waals surface area contributed by atoms with Gasteiger partial charge in [-0.25, -0.2) is 13.2 Å². The average molecular weight is 503 g/mol. The van der Waals surface area contributed by atoms with Crippen molar-refractivity contribution in [3.63, 3.8) is 0 Å². The first kappa shape index (κ1) is 27.0. The van der Waals surface area contributed by atoms with Crippen LogP contribution in [-0.2, 0) is 6.42 Å². The van der Waals surface area contributed by atoms with Crippen molar-refractivity contribution in [1.29, 1.82) is 0 Å². The van der Waals surface area contributed by atoms with Crippen LogP contribution in [0.3, 0.4) is 0 Å². The Kier molecular flexibility index (Phi) is 9.44. The SMILES string of the molecule is CC=CC1CC=C(c2ccc(-c3ccc(-c4ccc(CCCCCCC)c(F)c4F)cc3)c(F)c2)CC1. The van der Waals surface area contributed by atoms with Crippen molar-refractivity contribution in [3.05, 3.63) is 101 Å². The minimum atomic E-state index is -0.813. The molecule has 3 aromatic rings. The summed E-state index contributed by atoms with van der Waals surface area (Å²) in [5, 5.41) is 0. The van der Waals surface area contributed by atoms with Gasteiger partial charge in [-0.1, -0.05) is 99.4 Å². The molecule has 4 rings (SSSR count). The van der Waals surface area contributed by atoms with Crippen LogP contribution in [0, 0.1) is 23.4 Å². The number of rotatable bonds is 10. The van der Waals surface area contributed by atoms with Gasteiger partial charge in [-0.05, 0) is 78.8 Å². The summed E-state index contributed by atoms with van der Waals surface area (Å²) in [6, 6.07) is 15.8. The fraction of sp³-hybridized carbons (Fsp3) is 0.353. The molecule has 1 aliphatic carbocycles. The van der Waals surface area contributed by atoms with E-state index in [1.165, 1.54) is 12.0 Å². The quantitative estimate of drug-likeness (QED) is 0.191. The molecule has 0 saturated carbocycles. The summed E-state index contributed by atoms with van der Waals surface area (Å²) in [4.78, 5) is 0. The van der Waals surface area contributed by atoms with Crippen molar-refractivity contribution in [2.75, 3.05) is 0 Å². The minimum Gasteiger partial charge on any atom is -0.206 e. The van der Waals surface area contributed by atoms with E-state index in [-0.39, 0.29) is 11.4 Å². The summed E-state index contributed by atoms with van der Waals surface area (Å²) < 4.78 is 44.7. The van der Waals surface area contributed by atoms with Crippen molar-refractivity contribution in [1.82, 2.24) is 0 Å². The minimum absolute atomic E-state index is 0.232. The second-order valence-electron chi connectivity index (χ2n) is 10.1. The maximum Gasteiger partial charge on any atom is 0.166 e. The zero-order chi connectivity index (χ0) is 26.2. The number of halogens is 3. The van der Waals surface area contributed by atoms with Crippen molar-refractivity contribution in [2.24, 2.45) is 5.92 Å². The summed E-state index contributed by atoms with van der Waals surface area (Å²) in [6.07, 6.45) is 15.5. The third-order valence-corrected chi connectivity index (χ3v) is 7.47. The van der Waals surface area contributed by atoms with Crippen LogP contribution in [0.25, 0.3) is 27.8 Å². The molecular weight excluding hydrogens is 465 g/mol. The molecule has 194 valence electrons. The second kappa shape index (κ2) is 12.9. The van der Waals surface area contributed by atoms with Crippen LogP contribution >= 0.6 is 0 Å². The molecule has 0 radical (unpaired) electrons. The Balaban J connectivity index is 1.47. The predicted octanol–water partition coefficient (Wildman–Crippen LogP) is 10.7. The highest BCUT2D eigenvalue weighted by Crippen LogP contribution is 2.34. The average Bonchev–Trinajstić information content (AvgIpc) is 2.92. The summed E-state index contributed by atoms with van der Waals surface area (Å²) in [6.45, 7) is 4.20. The van der Waals surface area contributed by atoms with Gasteiger partial charge in [0.2, 0.25) is 0 Å². The van der Waals surface area contributed by atoms with E-state index in [1.54, 1.807) is 42.5 Å². The summed E-state index contributed by atoms with van der Waals surface area (Å²) >= 11 is 0. The van der Waals surface area contributed by atoms with Gasteiger partial charge in [-0.2, -0.15) is 0 Å². The van der Waals surface area contributed by atoms with Gasteiger partial charge in [0, 0.05) is 11.1 Å². The zero-order valence-electron chi connectivity index (χ0n) is 22.0. The molecule has 0 nitrogen and oxygen atoms in total. The standard InChI is InChI=1S/C34H37F3/c1-3-5-6-7-8-10-28-19-22-31(34(37)33(28)36)27-17-15-26(16-18-27)30-21-20-29(23-32(30)35)25-13-11-24(9-4-2)12-14-25/h4,9,13,15-24H,3,5-8,10-12,14H2,1-2H3. The summed E-state index contributed by atoms with van der Waals surface area (Å²) in [5.41, 5.74) is 4.58. The Labute approximate surface area is 219 Å². The van der Waals surface area contributed by atoms with Gasteiger partial charge in [0.25, 0.3) is 0 Å². The molecule has 3 aromatic carbocycles. The maximum atomic E-state index is 15.1. The molecule has 37 heavy (non-hydrogen) atoms. The number of benzene rings is 3. The van der Waals surface area contributed by atoms with Gasteiger partial charge in [-0.3, -0.25) is 0 Å². The fourth-order valence-electron chi connectivity index (χ4n) is 5.27. The third kappa shape index (κ3) is 6.63. The monoisotopic (exact) mass is 502 g/mol. The topological polar surface area (TPSA) is 0 Å². The van der Waals surface area contributed by atoms with Gasteiger partial charge in [0.15, 0.2) is 11.6 Å². The second-order valence-corrected chi connectivity index (χ2v) is 10.1. The van der Waals surface area contributed by atoms with E-state index in [4.69, 9.17) is 0 Å². The number of allylic oxidation sites excluding steroid dienone is 4. The lowest BCUT2D eigenvalue weighted by Gasteiger charge is -2.20. The highest BCUT2D eigenvalue weighted by molar-refractivity contribution is 5.74. The molecule has 0 spiro atoms. The summed E-state index contributed by atoms with van der Waals surface area (Å²) in [7, 11) is 0. The van der Waals surface area contributed by atoms with Crippen LogP contribution in [0.15, 0.2) is 72.8 Å². The van der Waals surface area contributed by atoms with Crippen LogP contribution in [0.1, 0.15) is 76.3 Å². The van der Waals surface area contributed by atoms with E-state index in [2.05, 4.69) is 25.2 Å². The molecule has 0 heterocycles. The molecule has 0 fully saturated rings. The number of unbranched alkanes of at least 4 members (excludes halogenated alkanes) is 4. The number of hydrogen-bond donors (Lipinski definition) is 0. The lowest BCUT2D eigenvalue weighted by molar-refractivity contribution is 0.497. The lowest BCUT2D eigenvalue weighted by Crippen LogP contribution is -2.02. The van der Waals surface area contributed by atoms with Crippen molar-refractivity contribution in [2.45, 2.75) is 71.6 Å². The first-order valence-electron chi connectivity index (χ1n) is 13.7. The van der Waals surface area contributed by atoms with E-state index in [0.29, 0.717) is 34.6 Å². The highest BCUT2D eigenvalue weighted by atomic mass is 19.2. The van der Waals surface area contributed by atoms with Gasteiger partial charge in [-0.15, -0.1) is 0 Å². The number of hydrogen-bond acceptors (Lipinski definition) is 0. The predicted molar refractivity (Wildman–Crippen MR) is 150 cm³/mol. The molecular formula is C34H37F3. The van der Waals surface area contributed by atoms with Crippen molar-refractivity contribution < 1.29 is 13.2 Å². The molecule has 0 N–H and O–H groups in total. The first-order chi connectivity index (χ1) is 18.0. The van der Waals surface area contributed by atoms with Crippen molar-refractivity contribution >= 4 is 5.57 Å². The largest absolute Gasteiger partial charge is 0.206 e. The Bertz CT molecular complexity index is 1250. The first-order valence-corrected chi connectivity index (χ1v) is 13.7. The Morgan fingerprint density at radius 2 is 1.46 bits per heavy atom. The molecule has 0 bridgehead atoms. The fourth-order valence-corrected chi connectivity index (χ4v) is 5.27. The van der Waals surface area contributed by atoms with E-state index in [9.17, 15) is 8.78 Å².